The molecule has 2 N–H and O–H groups in total. The van der Waals surface area contributed by atoms with Gasteiger partial charge in [0, 0.05) is 18.8 Å². The predicted molar refractivity (Wildman–Crippen MR) is 70.9 cm³/mol. The van der Waals surface area contributed by atoms with Crippen molar-refractivity contribution >= 4 is 18.2 Å². The Morgan fingerprint density at radius 3 is 3.00 bits per heavy atom. The van der Waals surface area contributed by atoms with Gasteiger partial charge >= 0.3 is 0 Å². The van der Waals surface area contributed by atoms with Gasteiger partial charge < -0.3 is 10.3 Å². The van der Waals surface area contributed by atoms with Crippen LogP contribution in [0.2, 0.25) is 0 Å². The van der Waals surface area contributed by atoms with Gasteiger partial charge in [0.2, 0.25) is 0 Å². The van der Waals surface area contributed by atoms with Crippen LogP contribution in [0.3, 0.4) is 0 Å². The van der Waals surface area contributed by atoms with Crippen molar-refractivity contribution in [1.82, 2.24) is 15.2 Å². The van der Waals surface area contributed by atoms with Crippen LogP contribution in [0.5, 0.6) is 0 Å². The Morgan fingerprint density at radius 1 is 1.59 bits per heavy atom. The van der Waals surface area contributed by atoms with Crippen LogP contribution < -0.4 is 5.32 Å². The largest absolute Gasteiger partial charge is 0.359 e. The van der Waals surface area contributed by atoms with Crippen molar-refractivity contribution in [2.75, 3.05) is 26.7 Å². The molecular weight excluding hydrogens is 238 g/mol. The van der Waals surface area contributed by atoms with Crippen LogP contribution in [-0.4, -0.2) is 48.4 Å². The van der Waals surface area contributed by atoms with E-state index in [1.807, 2.05) is 19.2 Å². The highest BCUT2D eigenvalue weighted by atomic mass is 35.5. The summed E-state index contributed by atoms with van der Waals surface area (Å²) in [4.78, 5) is 16.8. The molecule has 1 aliphatic rings. The lowest BCUT2D eigenvalue weighted by molar-refractivity contribution is 0.0938. The van der Waals surface area contributed by atoms with E-state index < -0.39 is 0 Å². The van der Waals surface area contributed by atoms with Gasteiger partial charge in [-0.3, -0.25) is 9.69 Å². The quantitative estimate of drug-likeness (QED) is 0.782. The highest BCUT2D eigenvalue weighted by molar-refractivity contribution is 5.95. The van der Waals surface area contributed by atoms with Gasteiger partial charge in [-0.25, -0.2) is 0 Å². The van der Waals surface area contributed by atoms with Crippen molar-refractivity contribution in [3.63, 3.8) is 0 Å². The minimum Gasteiger partial charge on any atom is -0.359 e. The van der Waals surface area contributed by atoms with Crippen LogP contribution in [-0.2, 0) is 0 Å². The number of aromatic nitrogens is 1. The van der Waals surface area contributed by atoms with Crippen molar-refractivity contribution in [3.8, 4) is 0 Å². The van der Waals surface area contributed by atoms with E-state index in [0.29, 0.717) is 18.3 Å². The summed E-state index contributed by atoms with van der Waals surface area (Å²) < 4.78 is 0. The number of likely N-dealkylation sites (N-methyl/N-ethyl adjacent to an activating group) is 1. The average molecular weight is 258 g/mol. The van der Waals surface area contributed by atoms with Gasteiger partial charge in [0.1, 0.15) is 0 Å². The SMILES string of the molecule is CN(CC(=O)c1ccc[nH]1)CC1CCCN1.Cl. The Morgan fingerprint density at radius 2 is 2.41 bits per heavy atom. The van der Waals surface area contributed by atoms with Crippen LogP contribution in [0.4, 0.5) is 0 Å². The van der Waals surface area contributed by atoms with Crippen LogP contribution in [0, 0.1) is 0 Å². The highest BCUT2D eigenvalue weighted by Gasteiger charge is 2.17. The minimum atomic E-state index is 0. The number of rotatable bonds is 5. The summed E-state index contributed by atoms with van der Waals surface area (Å²) in [6.07, 6.45) is 4.26. The third-order valence-electron chi connectivity index (χ3n) is 3.01. The summed E-state index contributed by atoms with van der Waals surface area (Å²) >= 11 is 0. The van der Waals surface area contributed by atoms with Gasteiger partial charge in [0.25, 0.3) is 0 Å². The van der Waals surface area contributed by atoms with E-state index in [9.17, 15) is 4.79 Å². The first-order chi connectivity index (χ1) is 7.75. The summed E-state index contributed by atoms with van der Waals surface area (Å²) in [6, 6.07) is 4.23. The van der Waals surface area contributed by atoms with Crippen LogP contribution in [0.25, 0.3) is 0 Å². The molecule has 1 saturated heterocycles. The molecule has 1 aliphatic heterocycles. The number of hydrogen-bond donors (Lipinski definition) is 2. The van der Waals surface area contributed by atoms with Gasteiger partial charge in [-0.05, 0) is 38.6 Å². The molecular formula is C12H20ClN3O. The number of ketones is 1. The summed E-state index contributed by atoms with van der Waals surface area (Å²) in [5.74, 6) is 0.158. The maximum absolute atomic E-state index is 11.8. The number of nitrogens with zero attached hydrogens (tertiary/aromatic N) is 1. The third kappa shape index (κ3) is 4.15. The Bertz CT molecular complexity index is 334. The maximum Gasteiger partial charge on any atom is 0.192 e. The molecule has 4 nitrogen and oxygen atoms in total. The topological polar surface area (TPSA) is 48.1 Å². The van der Waals surface area contributed by atoms with E-state index in [2.05, 4.69) is 15.2 Å². The Kier molecular flexibility index (Phi) is 5.68. The van der Waals surface area contributed by atoms with E-state index in [4.69, 9.17) is 0 Å². The first kappa shape index (κ1) is 14.2. The normalized spacial score (nSPS) is 19.3. The number of halogens is 1. The maximum atomic E-state index is 11.8. The van der Waals surface area contributed by atoms with Crippen molar-refractivity contribution in [1.29, 1.82) is 0 Å². The van der Waals surface area contributed by atoms with Crippen LogP contribution >= 0.6 is 12.4 Å². The van der Waals surface area contributed by atoms with Crippen molar-refractivity contribution in [2.45, 2.75) is 18.9 Å². The molecule has 0 radical (unpaired) electrons. The van der Waals surface area contributed by atoms with Crippen molar-refractivity contribution < 1.29 is 4.79 Å². The van der Waals surface area contributed by atoms with Gasteiger partial charge in [-0.2, -0.15) is 0 Å². The molecule has 1 unspecified atom stereocenters. The number of H-pyrrole nitrogens is 1. The first-order valence-corrected chi connectivity index (χ1v) is 5.84. The molecule has 1 aromatic heterocycles. The van der Waals surface area contributed by atoms with Gasteiger partial charge in [-0.15, -0.1) is 12.4 Å². The smallest absolute Gasteiger partial charge is 0.192 e. The minimum absolute atomic E-state index is 0. The number of aromatic amines is 1. The highest BCUT2D eigenvalue weighted by Crippen LogP contribution is 2.06. The van der Waals surface area contributed by atoms with Gasteiger partial charge in [0.15, 0.2) is 5.78 Å². The molecule has 1 fully saturated rings. The molecule has 2 heterocycles. The molecule has 0 aliphatic carbocycles. The van der Waals surface area contributed by atoms with E-state index in [-0.39, 0.29) is 18.2 Å². The van der Waals surface area contributed by atoms with Crippen LogP contribution in [0.1, 0.15) is 23.3 Å². The molecule has 17 heavy (non-hydrogen) atoms. The molecule has 2 rings (SSSR count). The first-order valence-electron chi connectivity index (χ1n) is 5.84. The Balaban J connectivity index is 0.00000144. The second-order valence-corrected chi connectivity index (χ2v) is 4.50. The van der Waals surface area contributed by atoms with E-state index >= 15 is 0 Å². The van der Waals surface area contributed by atoms with Crippen molar-refractivity contribution in [2.24, 2.45) is 0 Å². The summed E-state index contributed by atoms with van der Waals surface area (Å²) in [7, 11) is 2.00. The number of carbonyl (C=O) groups is 1. The predicted octanol–water partition coefficient (Wildman–Crippen LogP) is 1.30. The summed E-state index contributed by atoms with van der Waals surface area (Å²) in [5, 5.41) is 3.43. The fourth-order valence-corrected chi connectivity index (χ4v) is 2.19. The zero-order chi connectivity index (χ0) is 11.4. The molecule has 5 heteroatoms. The molecule has 0 bridgehead atoms. The number of hydrogen-bond acceptors (Lipinski definition) is 3. The lowest BCUT2D eigenvalue weighted by Crippen LogP contribution is -2.37. The van der Waals surface area contributed by atoms with E-state index in [0.717, 1.165) is 13.1 Å². The molecule has 96 valence electrons. The number of Topliss-reactive ketones (excluding diaryl/α,β-unsaturated/α-hetero) is 1. The second kappa shape index (κ2) is 6.79. The molecule has 1 atom stereocenters. The van der Waals surface area contributed by atoms with Crippen molar-refractivity contribution in [3.05, 3.63) is 24.0 Å². The van der Waals surface area contributed by atoms with Gasteiger partial charge in [0.05, 0.1) is 12.2 Å². The standard InChI is InChI=1S/C12H19N3O.ClH/c1-15(8-10-4-2-6-13-10)9-12(16)11-5-3-7-14-11;/h3,5,7,10,13-14H,2,4,6,8-9H2,1H3;1H. The zero-order valence-corrected chi connectivity index (χ0v) is 10.9. The summed E-state index contributed by atoms with van der Waals surface area (Å²) in [6.45, 7) is 2.55. The zero-order valence-electron chi connectivity index (χ0n) is 10.1. The van der Waals surface area contributed by atoms with Crippen LogP contribution in [0.15, 0.2) is 18.3 Å². The molecule has 1 aromatic rings. The second-order valence-electron chi connectivity index (χ2n) is 4.50. The average Bonchev–Trinajstić information content (AvgIpc) is 2.88. The lowest BCUT2D eigenvalue weighted by Gasteiger charge is -2.19. The van der Waals surface area contributed by atoms with Gasteiger partial charge in [-0.1, -0.05) is 0 Å². The molecule has 0 saturated carbocycles. The number of carbonyl (C=O) groups excluding carboxylic acids is 1. The third-order valence-corrected chi connectivity index (χ3v) is 3.01. The number of nitrogens with one attached hydrogen (secondary N) is 2. The van der Waals surface area contributed by atoms with E-state index in [1.54, 1.807) is 6.20 Å². The monoisotopic (exact) mass is 257 g/mol. The Hall–Kier alpha value is -0.840. The molecule has 0 aromatic carbocycles. The molecule has 0 amide bonds. The Labute approximate surface area is 108 Å². The lowest BCUT2D eigenvalue weighted by atomic mass is 10.2. The fourth-order valence-electron chi connectivity index (χ4n) is 2.19. The summed E-state index contributed by atoms with van der Waals surface area (Å²) in [5.41, 5.74) is 0.700. The molecule has 0 spiro atoms. The van der Waals surface area contributed by atoms with E-state index in [1.165, 1.54) is 12.8 Å². The fraction of sp³-hybridized carbons (Fsp3) is 0.583.